The molecule has 0 aliphatic heterocycles. The summed E-state index contributed by atoms with van der Waals surface area (Å²) < 4.78 is 0. The number of carboxylic acids is 1. The van der Waals surface area contributed by atoms with Gasteiger partial charge in [0.25, 0.3) is 0 Å². The van der Waals surface area contributed by atoms with E-state index in [1.54, 1.807) is 0 Å². The van der Waals surface area contributed by atoms with Gasteiger partial charge in [0.2, 0.25) is 0 Å². The van der Waals surface area contributed by atoms with E-state index in [4.69, 9.17) is 11.5 Å². The Morgan fingerprint density at radius 2 is 1.88 bits per heavy atom. The Morgan fingerprint density at radius 3 is 2.29 bits per heavy atom. The van der Waals surface area contributed by atoms with Gasteiger partial charge in [-0.05, 0) is 19.3 Å². The van der Waals surface area contributed by atoms with Crippen LogP contribution in [0.2, 0.25) is 0 Å². The Kier molecular flexibility index (Phi) is 6.80. The van der Waals surface area contributed by atoms with E-state index in [1.807, 2.05) is 6.92 Å². The van der Waals surface area contributed by atoms with Crippen molar-refractivity contribution < 1.29 is 14.7 Å². The molecule has 0 saturated heterocycles. The van der Waals surface area contributed by atoms with Crippen LogP contribution in [0.1, 0.15) is 33.6 Å². The van der Waals surface area contributed by atoms with Gasteiger partial charge in [0.15, 0.2) is 0 Å². The molecular weight excluding hydrogens is 220 g/mol. The lowest BCUT2D eigenvalue weighted by molar-refractivity contribution is -0.139. The molecule has 0 rings (SSSR count). The normalized spacial score (nSPS) is 13.6. The molecule has 0 radical (unpaired) electrons. The number of rotatable bonds is 6. The van der Waals surface area contributed by atoms with E-state index in [0.29, 0.717) is 5.92 Å². The minimum absolute atomic E-state index is 0.00437. The van der Waals surface area contributed by atoms with Crippen LogP contribution in [-0.2, 0) is 4.79 Å². The smallest absolute Gasteiger partial charge is 0.327 e. The van der Waals surface area contributed by atoms with Gasteiger partial charge >= 0.3 is 12.0 Å². The van der Waals surface area contributed by atoms with Gasteiger partial charge in [0, 0.05) is 12.5 Å². The molecule has 0 aliphatic carbocycles. The predicted molar refractivity (Wildman–Crippen MR) is 65.5 cm³/mol. The van der Waals surface area contributed by atoms with Crippen molar-refractivity contribution in [2.24, 2.45) is 5.92 Å². The zero-order chi connectivity index (χ0) is 13.4. The number of carbonyl (C=O) groups is 2. The minimum atomic E-state index is -1.13. The standard InChI is InChI=1S/C12H20N2O3/c1-5-6-10(11(15)16)14-12(17)13-9(4)7-8(2)3/h1,8-10H,6-7H2,2-4H3,(H,15,16)(H2,13,14,17). The predicted octanol–water partition coefficient (Wildman–Crippen LogP) is 1.20. The van der Waals surface area contributed by atoms with Crippen molar-refractivity contribution in [3.05, 3.63) is 0 Å². The maximum Gasteiger partial charge on any atom is 0.327 e. The van der Waals surface area contributed by atoms with E-state index in [-0.39, 0.29) is 12.5 Å². The van der Waals surface area contributed by atoms with E-state index in [2.05, 4.69) is 30.4 Å². The third-order valence-electron chi connectivity index (χ3n) is 2.13. The van der Waals surface area contributed by atoms with Crippen LogP contribution in [0.3, 0.4) is 0 Å². The Bertz CT molecular complexity index is 307. The number of carbonyl (C=O) groups excluding carboxylic acids is 1. The van der Waals surface area contributed by atoms with Gasteiger partial charge < -0.3 is 15.7 Å². The molecule has 96 valence electrons. The molecule has 0 fully saturated rings. The number of amides is 2. The number of aliphatic carboxylic acids is 1. The monoisotopic (exact) mass is 240 g/mol. The van der Waals surface area contributed by atoms with E-state index in [0.717, 1.165) is 6.42 Å². The number of urea groups is 1. The van der Waals surface area contributed by atoms with Crippen LogP contribution in [0.15, 0.2) is 0 Å². The van der Waals surface area contributed by atoms with Crippen molar-refractivity contribution in [1.82, 2.24) is 10.6 Å². The van der Waals surface area contributed by atoms with Crippen LogP contribution < -0.4 is 10.6 Å². The fraction of sp³-hybridized carbons (Fsp3) is 0.667. The van der Waals surface area contributed by atoms with E-state index in [9.17, 15) is 9.59 Å². The van der Waals surface area contributed by atoms with Gasteiger partial charge in [-0.15, -0.1) is 12.3 Å². The van der Waals surface area contributed by atoms with Crippen molar-refractivity contribution in [3.63, 3.8) is 0 Å². The number of carboxylic acid groups (broad SMARTS) is 1. The third kappa shape index (κ3) is 7.23. The quantitative estimate of drug-likeness (QED) is 0.610. The number of nitrogens with one attached hydrogen (secondary N) is 2. The highest BCUT2D eigenvalue weighted by atomic mass is 16.4. The first-order valence-electron chi connectivity index (χ1n) is 5.60. The first kappa shape index (κ1) is 15.3. The first-order chi connectivity index (χ1) is 7.86. The number of terminal acetylenes is 1. The molecule has 5 nitrogen and oxygen atoms in total. The molecule has 0 heterocycles. The van der Waals surface area contributed by atoms with Crippen molar-refractivity contribution in [1.29, 1.82) is 0 Å². The number of hydrogen-bond acceptors (Lipinski definition) is 2. The molecule has 2 unspecified atom stereocenters. The maximum absolute atomic E-state index is 11.5. The molecule has 0 aromatic carbocycles. The van der Waals surface area contributed by atoms with Crippen molar-refractivity contribution in [2.45, 2.75) is 45.7 Å². The Morgan fingerprint density at radius 1 is 1.29 bits per heavy atom. The summed E-state index contributed by atoms with van der Waals surface area (Å²) in [7, 11) is 0. The molecule has 0 bridgehead atoms. The van der Waals surface area contributed by atoms with Gasteiger partial charge in [-0.3, -0.25) is 0 Å². The molecule has 5 heteroatoms. The van der Waals surface area contributed by atoms with Gasteiger partial charge in [0.05, 0.1) is 0 Å². The highest BCUT2D eigenvalue weighted by Crippen LogP contribution is 2.03. The van der Waals surface area contributed by atoms with E-state index >= 15 is 0 Å². The average Bonchev–Trinajstić information content (AvgIpc) is 2.14. The topological polar surface area (TPSA) is 78.4 Å². The van der Waals surface area contributed by atoms with Crippen LogP contribution in [0.25, 0.3) is 0 Å². The molecule has 2 amide bonds. The Hall–Kier alpha value is -1.70. The van der Waals surface area contributed by atoms with Crippen LogP contribution >= 0.6 is 0 Å². The van der Waals surface area contributed by atoms with Crippen molar-refractivity contribution >= 4 is 12.0 Å². The van der Waals surface area contributed by atoms with Crippen LogP contribution in [0.5, 0.6) is 0 Å². The summed E-state index contributed by atoms with van der Waals surface area (Å²) in [6, 6.07) is -1.54. The zero-order valence-corrected chi connectivity index (χ0v) is 10.5. The second-order valence-electron chi connectivity index (χ2n) is 4.45. The highest BCUT2D eigenvalue weighted by Gasteiger charge is 2.19. The lowest BCUT2D eigenvalue weighted by atomic mass is 10.1. The van der Waals surface area contributed by atoms with Crippen LogP contribution in [-0.4, -0.2) is 29.2 Å². The van der Waals surface area contributed by atoms with E-state index < -0.39 is 18.0 Å². The summed E-state index contributed by atoms with van der Waals surface area (Å²) in [6.07, 6.45) is 5.83. The second-order valence-corrected chi connectivity index (χ2v) is 4.45. The van der Waals surface area contributed by atoms with Gasteiger partial charge in [0.1, 0.15) is 6.04 Å². The summed E-state index contributed by atoms with van der Waals surface area (Å²) in [5.41, 5.74) is 0. The summed E-state index contributed by atoms with van der Waals surface area (Å²) >= 11 is 0. The SMILES string of the molecule is C#CCC(NC(=O)NC(C)CC(C)C)C(=O)O. The largest absolute Gasteiger partial charge is 0.480 e. The molecule has 0 saturated carbocycles. The summed E-state index contributed by atoms with van der Waals surface area (Å²) in [6.45, 7) is 5.97. The molecule has 0 aliphatic rings. The lowest BCUT2D eigenvalue weighted by Gasteiger charge is -2.18. The van der Waals surface area contributed by atoms with Crippen molar-refractivity contribution in [2.75, 3.05) is 0 Å². The molecule has 0 aromatic rings. The fourth-order valence-corrected chi connectivity index (χ4v) is 1.51. The first-order valence-corrected chi connectivity index (χ1v) is 5.60. The van der Waals surface area contributed by atoms with E-state index in [1.165, 1.54) is 0 Å². The highest BCUT2D eigenvalue weighted by molar-refractivity contribution is 5.82. The zero-order valence-electron chi connectivity index (χ0n) is 10.5. The van der Waals surface area contributed by atoms with Crippen LogP contribution in [0, 0.1) is 18.3 Å². The lowest BCUT2D eigenvalue weighted by Crippen LogP contribution is -2.48. The van der Waals surface area contributed by atoms with Gasteiger partial charge in [-0.25, -0.2) is 9.59 Å². The minimum Gasteiger partial charge on any atom is -0.480 e. The summed E-state index contributed by atoms with van der Waals surface area (Å²) in [5.74, 6) is 1.55. The Balaban J connectivity index is 4.15. The fourth-order valence-electron chi connectivity index (χ4n) is 1.51. The molecule has 3 N–H and O–H groups in total. The molecule has 0 aromatic heterocycles. The average molecular weight is 240 g/mol. The molecular formula is C12H20N2O3. The Labute approximate surface area is 102 Å². The molecule has 17 heavy (non-hydrogen) atoms. The second kappa shape index (κ2) is 7.55. The molecule has 0 spiro atoms. The number of hydrogen-bond donors (Lipinski definition) is 3. The third-order valence-corrected chi connectivity index (χ3v) is 2.13. The summed E-state index contributed by atoms with van der Waals surface area (Å²) in [4.78, 5) is 22.2. The summed E-state index contributed by atoms with van der Waals surface area (Å²) in [5, 5.41) is 13.8. The van der Waals surface area contributed by atoms with Crippen molar-refractivity contribution in [3.8, 4) is 12.3 Å². The van der Waals surface area contributed by atoms with Crippen LogP contribution in [0.4, 0.5) is 4.79 Å². The van der Waals surface area contributed by atoms with Gasteiger partial charge in [-0.1, -0.05) is 13.8 Å². The maximum atomic E-state index is 11.5. The molecule has 2 atom stereocenters. The van der Waals surface area contributed by atoms with Gasteiger partial charge in [-0.2, -0.15) is 0 Å².